The van der Waals surface area contributed by atoms with Gasteiger partial charge in [0, 0.05) is 28.7 Å². The fraction of sp³-hybridized carbons (Fsp3) is 0.286. The topological polar surface area (TPSA) is 61.0 Å². The van der Waals surface area contributed by atoms with E-state index in [1.807, 2.05) is 25.1 Å². The van der Waals surface area contributed by atoms with Crippen LogP contribution in [0.1, 0.15) is 25.0 Å². The molecule has 6 heteroatoms. The van der Waals surface area contributed by atoms with E-state index in [9.17, 15) is 10.3 Å². The van der Waals surface area contributed by atoms with Crippen molar-refractivity contribution in [1.82, 2.24) is 9.63 Å². The summed E-state index contributed by atoms with van der Waals surface area (Å²) >= 11 is 6.05. The van der Waals surface area contributed by atoms with Crippen molar-refractivity contribution < 1.29 is 10.3 Å². The number of benzene rings is 2. The van der Waals surface area contributed by atoms with Crippen LogP contribution in [-0.4, -0.2) is 33.0 Å². The normalized spacial score (nSPS) is 12.3. The Hall–Kier alpha value is -2.50. The van der Waals surface area contributed by atoms with Gasteiger partial charge in [-0.3, -0.25) is 4.90 Å². The Kier molecular flexibility index (Phi) is 5.73. The zero-order valence-electron chi connectivity index (χ0n) is 15.8. The van der Waals surface area contributed by atoms with E-state index >= 15 is 0 Å². The van der Waals surface area contributed by atoms with Gasteiger partial charge < -0.3 is 10.3 Å². The van der Waals surface area contributed by atoms with Gasteiger partial charge in [0.05, 0.1) is 16.6 Å². The lowest BCUT2D eigenvalue weighted by Crippen LogP contribution is -2.22. The maximum Gasteiger partial charge on any atom is 0.123 e. The van der Waals surface area contributed by atoms with Crippen molar-refractivity contribution in [3.8, 4) is 5.75 Å². The number of phenolic OH excluding ortho intramolecular Hbond substituents is 1. The summed E-state index contributed by atoms with van der Waals surface area (Å²) in [5.74, 6) is 0.318. The molecule has 0 radical (unpaired) electrons. The molecule has 0 aliphatic carbocycles. The smallest absolute Gasteiger partial charge is 0.123 e. The first kappa shape index (κ1) is 19.3. The molecule has 0 bridgehead atoms. The van der Waals surface area contributed by atoms with Crippen molar-refractivity contribution in [2.24, 2.45) is 4.99 Å². The van der Waals surface area contributed by atoms with E-state index in [1.165, 1.54) is 0 Å². The van der Waals surface area contributed by atoms with Crippen LogP contribution >= 0.6 is 11.6 Å². The molecule has 3 aromatic rings. The van der Waals surface area contributed by atoms with Crippen LogP contribution in [0.2, 0.25) is 5.02 Å². The number of halogens is 1. The van der Waals surface area contributed by atoms with Crippen molar-refractivity contribution in [1.29, 1.82) is 0 Å². The maximum absolute atomic E-state index is 10.4. The number of hydrogen-bond acceptors (Lipinski definition) is 4. The summed E-state index contributed by atoms with van der Waals surface area (Å²) in [7, 11) is 0. The highest BCUT2D eigenvalue weighted by atomic mass is 35.5. The predicted molar refractivity (Wildman–Crippen MR) is 109 cm³/mol. The molecular formula is C21H24ClN3O2. The third kappa shape index (κ3) is 4.10. The molecule has 0 fully saturated rings. The lowest BCUT2D eigenvalue weighted by atomic mass is 10.1. The maximum atomic E-state index is 10.4. The second-order valence-electron chi connectivity index (χ2n) is 6.55. The third-order valence-corrected chi connectivity index (χ3v) is 4.99. The first-order chi connectivity index (χ1) is 12.9. The minimum Gasteiger partial charge on any atom is -0.507 e. The molecule has 0 saturated carbocycles. The van der Waals surface area contributed by atoms with E-state index in [-0.39, 0.29) is 0 Å². The lowest BCUT2D eigenvalue weighted by molar-refractivity contribution is 0.198. The molecule has 1 aromatic heterocycles. The fourth-order valence-electron chi connectivity index (χ4n) is 3.16. The monoisotopic (exact) mass is 385 g/mol. The van der Waals surface area contributed by atoms with Gasteiger partial charge in [-0.1, -0.05) is 25.4 Å². The number of nitrogens with zero attached hydrogens (tertiary/aromatic N) is 3. The molecule has 0 saturated heterocycles. The predicted octanol–water partition coefficient (Wildman–Crippen LogP) is 4.62. The number of aromatic hydroxyl groups is 1. The summed E-state index contributed by atoms with van der Waals surface area (Å²) in [6.45, 7) is 8.59. The fourth-order valence-corrected chi connectivity index (χ4v) is 3.33. The molecule has 0 atom stereocenters. The van der Waals surface area contributed by atoms with Gasteiger partial charge in [-0.15, -0.1) is 0 Å². The molecule has 3 rings (SSSR count). The Morgan fingerprint density at radius 2 is 1.85 bits per heavy atom. The van der Waals surface area contributed by atoms with Crippen LogP contribution in [0, 0.1) is 6.92 Å². The standard InChI is InChI=1S/C21H24ClN3O2/c1-4-24(5-2)13-15-11-17(10-14(3)21(15)26)23-19-8-9-25(27)20-12-16(22)6-7-18(19)20/h6-12,26-27H,4-5,13H2,1-3H3. The summed E-state index contributed by atoms with van der Waals surface area (Å²) in [4.78, 5) is 7.01. The van der Waals surface area contributed by atoms with Gasteiger partial charge in [-0.2, -0.15) is 4.73 Å². The van der Waals surface area contributed by atoms with Gasteiger partial charge in [0.15, 0.2) is 0 Å². The third-order valence-electron chi connectivity index (χ3n) is 4.76. The minimum atomic E-state index is 0.318. The molecule has 142 valence electrons. The summed E-state index contributed by atoms with van der Waals surface area (Å²) in [6.07, 6.45) is 1.54. The van der Waals surface area contributed by atoms with E-state index in [0.29, 0.717) is 22.8 Å². The minimum absolute atomic E-state index is 0.318. The lowest BCUT2D eigenvalue weighted by Gasteiger charge is -2.19. The molecule has 1 heterocycles. The van der Waals surface area contributed by atoms with Crippen LogP contribution in [0.25, 0.3) is 10.9 Å². The summed E-state index contributed by atoms with van der Waals surface area (Å²) in [6, 6.07) is 10.8. The number of rotatable bonds is 5. The average Bonchev–Trinajstić information content (AvgIpc) is 2.65. The van der Waals surface area contributed by atoms with Gasteiger partial charge in [-0.25, -0.2) is 4.99 Å². The van der Waals surface area contributed by atoms with E-state index in [4.69, 9.17) is 16.6 Å². The Balaban J connectivity index is 2.14. The summed E-state index contributed by atoms with van der Waals surface area (Å²) in [5.41, 5.74) is 3.00. The number of aromatic nitrogens is 1. The van der Waals surface area contributed by atoms with E-state index in [1.54, 1.807) is 24.4 Å². The Morgan fingerprint density at radius 1 is 1.11 bits per heavy atom. The van der Waals surface area contributed by atoms with Gasteiger partial charge in [0.2, 0.25) is 0 Å². The molecule has 2 aromatic carbocycles. The second-order valence-corrected chi connectivity index (χ2v) is 6.99. The first-order valence-electron chi connectivity index (χ1n) is 9.02. The van der Waals surface area contributed by atoms with Crippen LogP contribution < -0.4 is 5.36 Å². The SMILES string of the molecule is CCN(CC)Cc1cc(N=c2ccn(O)c3cc(Cl)ccc23)cc(C)c1O. The molecule has 2 N–H and O–H groups in total. The van der Waals surface area contributed by atoms with Gasteiger partial charge in [-0.05, 0) is 62.0 Å². The largest absolute Gasteiger partial charge is 0.507 e. The van der Waals surface area contributed by atoms with Crippen LogP contribution in [0.5, 0.6) is 5.75 Å². The first-order valence-corrected chi connectivity index (χ1v) is 9.40. The van der Waals surface area contributed by atoms with Gasteiger partial charge in [0.1, 0.15) is 5.75 Å². The Bertz CT molecular complexity index is 1040. The zero-order chi connectivity index (χ0) is 19.6. The molecule has 0 spiro atoms. The Morgan fingerprint density at radius 3 is 2.56 bits per heavy atom. The van der Waals surface area contributed by atoms with Crippen LogP contribution in [0.4, 0.5) is 5.69 Å². The Labute approximate surface area is 163 Å². The summed E-state index contributed by atoms with van der Waals surface area (Å²) < 4.78 is 1.04. The van der Waals surface area contributed by atoms with Crippen molar-refractivity contribution in [2.45, 2.75) is 27.3 Å². The molecule has 0 amide bonds. The molecule has 5 nitrogen and oxygen atoms in total. The molecule has 0 unspecified atom stereocenters. The average molecular weight is 386 g/mol. The molecule has 0 aliphatic rings. The van der Waals surface area contributed by atoms with Crippen LogP contribution in [0.15, 0.2) is 47.6 Å². The molecule has 0 aliphatic heterocycles. The van der Waals surface area contributed by atoms with E-state index < -0.39 is 0 Å². The number of phenols is 1. The number of aryl methyl sites for hydroxylation is 1. The number of fused-ring (bicyclic) bond motifs is 1. The van der Waals surface area contributed by atoms with Crippen molar-refractivity contribution in [3.05, 3.63) is 64.1 Å². The highest BCUT2D eigenvalue weighted by Gasteiger charge is 2.10. The van der Waals surface area contributed by atoms with Crippen molar-refractivity contribution >= 4 is 28.2 Å². The second kappa shape index (κ2) is 8.03. The van der Waals surface area contributed by atoms with E-state index in [2.05, 4.69) is 18.7 Å². The summed E-state index contributed by atoms with van der Waals surface area (Å²) in [5, 5.41) is 22.6. The van der Waals surface area contributed by atoms with Gasteiger partial charge >= 0.3 is 0 Å². The van der Waals surface area contributed by atoms with Crippen molar-refractivity contribution in [3.63, 3.8) is 0 Å². The quantitative estimate of drug-likeness (QED) is 0.630. The van der Waals surface area contributed by atoms with Crippen molar-refractivity contribution in [2.75, 3.05) is 13.1 Å². The highest BCUT2D eigenvalue weighted by Crippen LogP contribution is 2.29. The number of hydrogen-bond donors (Lipinski definition) is 2. The number of pyridine rings is 1. The highest BCUT2D eigenvalue weighted by molar-refractivity contribution is 6.31. The molecule has 27 heavy (non-hydrogen) atoms. The zero-order valence-corrected chi connectivity index (χ0v) is 16.5. The van der Waals surface area contributed by atoms with E-state index in [0.717, 1.165) is 45.4 Å². The van der Waals surface area contributed by atoms with Gasteiger partial charge in [0.25, 0.3) is 0 Å². The van der Waals surface area contributed by atoms with Crippen LogP contribution in [0.3, 0.4) is 0 Å². The van der Waals surface area contributed by atoms with Crippen LogP contribution in [-0.2, 0) is 6.54 Å². The molecular weight excluding hydrogens is 362 g/mol.